The van der Waals surface area contributed by atoms with Crippen LogP contribution in [0.4, 0.5) is 0 Å². The second kappa shape index (κ2) is 7.96. The topological polar surface area (TPSA) is 62.6 Å². The first-order valence-corrected chi connectivity index (χ1v) is 9.71. The molecule has 1 heterocycles. The molecule has 0 aliphatic rings. The highest BCUT2D eigenvalue weighted by molar-refractivity contribution is 7.89. The first-order valence-electron chi connectivity index (χ1n) is 8.27. The molecule has 0 saturated carbocycles. The van der Waals surface area contributed by atoms with Gasteiger partial charge in [0.1, 0.15) is 11.5 Å². The fraction of sp³-hybridized carbons (Fsp3) is 0.444. The van der Waals surface area contributed by atoms with E-state index in [1.54, 1.807) is 12.1 Å². The van der Waals surface area contributed by atoms with Crippen molar-refractivity contribution in [3.63, 3.8) is 0 Å². The highest BCUT2D eigenvalue weighted by Gasteiger charge is 2.21. The molecular weight excluding hydrogens is 324 g/mol. The molecule has 0 bridgehead atoms. The number of benzene rings is 1. The van der Waals surface area contributed by atoms with E-state index in [-0.39, 0.29) is 6.04 Å². The minimum atomic E-state index is -3.40. The molecule has 0 radical (unpaired) electrons. The normalized spacial score (nSPS) is 13.4. The van der Waals surface area contributed by atoms with Gasteiger partial charge in [-0.05, 0) is 43.7 Å². The van der Waals surface area contributed by atoms with E-state index < -0.39 is 10.0 Å². The van der Waals surface area contributed by atoms with Gasteiger partial charge in [0, 0.05) is 19.1 Å². The van der Waals surface area contributed by atoms with Crippen LogP contribution < -0.4 is 5.32 Å². The molecular formula is C18H26N2O3S. The van der Waals surface area contributed by atoms with Crippen molar-refractivity contribution in [1.29, 1.82) is 0 Å². The molecule has 1 aromatic carbocycles. The van der Waals surface area contributed by atoms with Crippen LogP contribution in [0.3, 0.4) is 0 Å². The zero-order valence-corrected chi connectivity index (χ0v) is 15.6. The van der Waals surface area contributed by atoms with Crippen molar-refractivity contribution in [3.05, 3.63) is 53.5 Å². The van der Waals surface area contributed by atoms with Gasteiger partial charge in [-0.2, -0.15) is 4.31 Å². The standard InChI is InChI=1S/C18H26N2O3S/c1-5-20(6-2)24(21,22)18-11-8-16(9-12-18)15(4)19-13-17-10-7-14(3)23-17/h7-12,15,19H,5-6,13H2,1-4H3/t15-/m0/s1. The van der Waals surface area contributed by atoms with Crippen molar-refractivity contribution in [2.75, 3.05) is 13.1 Å². The van der Waals surface area contributed by atoms with E-state index in [2.05, 4.69) is 5.32 Å². The van der Waals surface area contributed by atoms with Gasteiger partial charge in [0.25, 0.3) is 0 Å². The smallest absolute Gasteiger partial charge is 0.243 e. The van der Waals surface area contributed by atoms with E-state index in [0.29, 0.717) is 24.5 Å². The summed E-state index contributed by atoms with van der Waals surface area (Å²) in [5, 5.41) is 3.38. The second-order valence-electron chi connectivity index (χ2n) is 5.77. The Balaban J connectivity index is 2.05. The lowest BCUT2D eigenvalue weighted by molar-refractivity contribution is 0.443. The average Bonchev–Trinajstić information content (AvgIpc) is 2.99. The third-order valence-electron chi connectivity index (χ3n) is 4.10. The maximum Gasteiger partial charge on any atom is 0.243 e. The average molecular weight is 350 g/mol. The molecule has 0 aliphatic heterocycles. The molecule has 0 unspecified atom stereocenters. The summed E-state index contributed by atoms with van der Waals surface area (Å²) >= 11 is 0. The van der Waals surface area contributed by atoms with E-state index in [0.717, 1.165) is 17.1 Å². The first-order chi connectivity index (χ1) is 11.4. The number of sulfonamides is 1. The van der Waals surface area contributed by atoms with Gasteiger partial charge in [-0.25, -0.2) is 8.42 Å². The predicted molar refractivity (Wildman–Crippen MR) is 95.2 cm³/mol. The van der Waals surface area contributed by atoms with Gasteiger partial charge in [0.2, 0.25) is 10.0 Å². The summed E-state index contributed by atoms with van der Waals surface area (Å²) in [6.45, 7) is 9.23. The second-order valence-corrected chi connectivity index (χ2v) is 7.71. The summed E-state index contributed by atoms with van der Waals surface area (Å²) in [7, 11) is -3.40. The van der Waals surface area contributed by atoms with Gasteiger partial charge in [-0.3, -0.25) is 0 Å². The minimum absolute atomic E-state index is 0.0978. The molecule has 1 N–H and O–H groups in total. The Hall–Kier alpha value is -1.63. The Morgan fingerprint density at radius 2 is 1.71 bits per heavy atom. The van der Waals surface area contributed by atoms with Crippen molar-refractivity contribution >= 4 is 10.0 Å². The highest BCUT2D eigenvalue weighted by atomic mass is 32.2. The van der Waals surface area contributed by atoms with Crippen LogP contribution in [-0.2, 0) is 16.6 Å². The van der Waals surface area contributed by atoms with Gasteiger partial charge in [0.15, 0.2) is 0 Å². The molecule has 0 amide bonds. The maximum absolute atomic E-state index is 12.5. The van der Waals surface area contributed by atoms with Crippen LogP contribution in [0.2, 0.25) is 0 Å². The molecule has 1 aromatic heterocycles. The van der Waals surface area contributed by atoms with Gasteiger partial charge >= 0.3 is 0 Å². The number of aryl methyl sites for hydroxylation is 1. The van der Waals surface area contributed by atoms with Crippen molar-refractivity contribution in [2.24, 2.45) is 0 Å². The minimum Gasteiger partial charge on any atom is -0.465 e. The fourth-order valence-electron chi connectivity index (χ4n) is 2.59. The van der Waals surface area contributed by atoms with Crippen LogP contribution in [0.25, 0.3) is 0 Å². The first kappa shape index (κ1) is 18.7. The largest absolute Gasteiger partial charge is 0.465 e. The lowest BCUT2D eigenvalue weighted by atomic mass is 10.1. The van der Waals surface area contributed by atoms with E-state index in [4.69, 9.17) is 4.42 Å². The molecule has 6 heteroatoms. The number of hydrogen-bond donors (Lipinski definition) is 1. The Bertz CT molecular complexity index is 747. The molecule has 0 aliphatic carbocycles. The number of nitrogens with zero attached hydrogens (tertiary/aromatic N) is 1. The molecule has 0 fully saturated rings. The summed E-state index contributed by atoms with van der Waals surface area (Å²) in [5.74, 6) is 1.78. The molecule has 132 valence electrons. The Labute approximate surface area is 144 Å². The van der Waals surface area contributed by atoms with Crippen molar-refractivity contribution in [3.8, 4) is 0 Å². The zero-order valence-electron chi connectivity index (χ0n) is 14.7. The quantitative estimate of drug-likeness (QED) is 0.792. The fourth-order valence-corrected chi connectivity index (χ4v) is 4.05. The monoisotopic (exact) mass is 350 g/mol. The van der Waals surface area contributed by atoms with Crippen molar-refractivity contribution in [1.82, 2.24) is 9.62 Å². The Kier molecular flexibility index (Phi) is 6.21. The summed E-state index contributed by atoms with van der Waals surface area (Å²) in [6, 6.07) is 11.1. The highest BCUT2D eigenvalue weighted by Crippen LogP contribution is 2.20. The molecule has 5 nitrogen and oxygen atoms in total. The van der Waals surface area contributed by atoms with Crippen LogP contribution in [-0.4, -0.2) is 25.8 Å². The van der Waals surface area contributed by atoms with E-state index in [9.17, 15) is 8.42 Å². The summed E-state index contributed by atoms with van der Waals surface area (Å²) in [5.41, 5.74) is 1.04. The van der Waals surface area contributed by atoms with Crippen molar-refractivity contribution < 1.29 is 12.8 Å². The number of furan rings is 1. The van der Waals surface area contributed by atoms with Gasteiger partial charge in [-0.15, -0.1) is 0 Å². The lowest BCUT2D eigenvalue weighted by Crippen LogP contribution is -2.30. The number of nitrogens with one attached hydrogen (secondary N) is 1. The number of hydrogen-bond acceptors (Lipinski definition) is 4. The summed E-state index contributed by atoms with van der Waals surface area (Å²) in [4.78, 5) is 0.337. The van der Waals surface area contributed by atoms with E-state index in [1.807, 2.05) is 52.0 Å². The molecule has 1 atom stereocenters. The predicted octanol–water partition coefficient (Wildman–Crippen LogP) is 3.47. The van der Waals surface area contributed by atoms with Crippen LogP contribution >= 0.6 is 0 Å². The van der Waals surface area contributed by atoms with Crippen LogP contribution in [0, 0.1) is 6.92 Å². The molecule has 0 spiro atoms. The van der Waals surface area contributed by atoms with Crippen LogP contribution in [0.1, 0.15) is 43.9 Å². The van der Waals surface area contributed by atoms with E-state index in [1.165, 1.54) is 4.31 Å². The van der Waals surface area contributed by atoms with Gasteiger partial charge in [0.05, 0.1) is 11.4 Å². The van der Waals surface area contributed by atoms with Gasteiger partial charge in [-0.1, -0.05) is 26.0 Å². The molecule has 24 heavy (non-hydrogen) atoms. The van der Waals surface area contributed by atoms with Crippen molar-refractivity contribution in [2.45, 2.75) is 45.2 Å². The summed E-state index contributed by atoms with van der Waals surface area (Å²) in [6.07, 6.45) is 0. The van der Waals surface area contributed by atoms with Gasteiger partial charge < -0.3 is 9.73 Å². The zero-order chi connectivity index (χ0) is 17.7. The molecule has 2 aromatic rings. The van der Waals surface area contributed by atoms with E-state index >= 15 is 0 Å². The third kappa shape index (κ3) is 4.26. The van der Waals surface area contributed by atoms with Crippen LogP contribution in [0.5, 0.6) is 0 Å². The van der Waals surface area contributed by atoms with Crippen LogP contribution in [0.15, 0.2) is 45.7 Å². The lowest BCUT2D eigenvalue weighted by Gasteiger charge is -2.19. The molecule has 2 rings (SSSR count). The molecule has 0 saturated heterocycles. The summed E-state index contributed by atoms with van der Waals surface area (Å²) < 4.78 is 32.0. The number of rotatable bonds is 8. The SMILES string of the molecule is CCN(CC)S(=O)(=O)c1ccc([C@H](C)NCc2ccc(C)o2)cc1. The third-order valence-corrected chi connectivity index (χ3v) is 6.17. The maximum atomic E-state index is 12.5. The Morgan fingerprint density at radius 1 is 1.08 bits per heavy atom. The Morgan fingerprint density at radius 3 is 2.21 bits per heavy atom.